The zero-order valence-electron chi connectivity index (χ0n) is 14.9. The Morgan fingerprint density at radius 3 is 2.60 bits per heavy atom. The zero-order chi connectivity index (χ0) is 17.6. The van der Waals surface area contributed by atoms with E-state index in [1.165, 1.54) is 39.0 Å². The maximum Gasteiger partial charge on any atom is 0.217 e. The summed E-state index contributed by atoms with van der Waals surface area (Å²) < 4.78 is 0. The Morgan fingerprint density at radius 2 is 2.00 bits per heavy atom. The van der Waals surface area contributed by atoms with Crippen LogP contribution in [0.15, 0.2) is 34.4 Å². The molecule has 6 heteroatoms. The molecule has 3 rings (SSSR count). The van der Waals surface area contributed by atoms with Crippen molar-refractivity contribution in [3.8, 4) is 0 Å². The van der Waals surface area contributed by atoms with Gasteiger partial charge in [0.05, 0.1) is 17.8 Å². The fraction of sp³-hybridized carbons (Fsp3) is 0.526. The van der Waals surface area contributed by atoms with Crippen molar-refractivity contribution in [2.24, 2.45) is 10.1 Å². The molecule has 2 aliphatic rings. The fourth-order valence-corrected chi connectivity index (χ4v) is 4.10. The number of nitrogens with zero attached hydrogens (tertiary/aromatic N) is 2. The Labute approximate surface area is 153 Å². The van der Waals surface area contributed by atoms with Crippen LogP contribution < -0.4 is 10.7 Å². The van der Waals surface area contributed by atoms with E-state index in [2.05, 4.69) is 40.1 Å². The highest BCUT2D eigenvalue weighted by Gasteiger charge is 2.17. The Balaban J connectivity index is 1.61. The van der Waals surface area contributed by atoms with Crippen molar-refractivity contribution in [2.75, 3.05) is 5.75 Å². The summed E-state index contributed by atoms with van der Waals surface area (Å²) in [6.07, 6.45) is 6.35. The largest absolute Gasteiger partial charge is 0.350 e. The second-order valence-electron chi connectivity index (χ2n) is 6.73. The number of carbonyl (C=O) groups is 1. The number of hydrogen-bond donors (Lipinski definition) is 2. The van der Waals surface area contributed by atoms with Crippen molar-refractivity contribution in [1.82, 2.24) is 10.7 Å². The van der Waals surface area contributed by atoms with Crippen LogP contribution in [0, 0.1) is 0 Å². The monoisotopic (exact) mass is 358 g/mol. The summed E-state index contributed by atoms with van der Waals surface area (Å²) in [6.45, 7) is 3.52. The fourth-order valence-electron chi connectivity index (χ4n) is 3.26. The predicted molar refractivity (Wildman–Crippen MR) is 105 cm³/mol. The Bertz CT molecular complexity index is 663. The van der Waals surface area contributed by atoms with Gasteiger partial charge in [-0.25, -0.2) is 0 Å². The van der Waals surface area contributed by atoms with Crippen LogP contribution in [0.4, 0.5) is 0 Å². The maximum absolute atomic E-state index is 11.2. The molecule has 134 valence electrons. The number of aliphatic imine (C=N–C) groups is 1. The highest BCUT2D eigenvalue weighted by Crippen LogP contribution is 2.23. The number of thioether (sulfide) groups is 1. The van der Waals surface area contributed by atoms with Gasteiger partial charge in [0.15, 0.2) is 5.17 Å². The van der Waals surface area contributed by atoms with Gasteiger partial charge in [0, 0.05) is 12.7 Å². The molecule has 1 heterocycles. The average Bonchev–Trinajstić information content (AvgIpc) is 2.63. The maximum atomic E-state index is 11.2. The second-order valence-corrected chi connectivity index (χ2v) is 7.69. The highest BCUT2D eigenvalue weighted by atomic mass is 32.2. The zero-order valence-corrected chi connectivity index (χ0v) is 15.7. The van der Waals surface area contributed by atoms with Gasteiger partial charge in [0.2, 0.25) is 5.91 Å². The number of amides is 1. The van der Waals surface area contributed by atoms with Gasteiger partial charge in [-0.3, -0.25) is 15.2 Å². The van der Waals surface area contributed by atoms with Crippen LogP contribution in [-0.2, 0) is 4.79 Å². The Morgan fingerprint density at radius 1 is 1.28 bits per heavy atom. The lowest BCUT2D eigenvalue weighted by Crippen LogP contribution is -2.27. The Kier molecular flexibility index (Phi) is 6.13. The summed E-state index contributed by atoms with van der Waals surface area (Å²) in [5.74, 6) is 0.817. The molecule has 0 aromatic heterocycles. The van der Waals surface area contributed by atoms with Crippen molar-refractivity contribution in [3.63, 3.8) is 0 Å². The number of hydrogen-bond acceptors (Lipinski definition) is 4. The number of carbonyl (C=O) groups excluding carboxylic acids is 1. The van der Waals surface area contributed by atoms with E-state index >= 15 is 0 Å². The van der Waals surface area contributed by atoms with E-state index in [9.17, 15) is 4.79 Å². The molecule has 1 amide bonds. The number of hydrazone groups is 1. The number of nitrogens with one attached hydrogen (secondary N) is 2. The van der Waals surface area contributed by atoms with Crippen LogP contribution in [-0.4, -0.2) is 28.6 Å². The third-order valence-electron chi connectivity index (χ3n) is 4.67. The summed E-state index contributed by atoms with van der Waals surface area (Å²) in [5.41, 5.74) is 6.36. The molecule has 0 radical (unpaired) electrons. The first-order chi connectivity index (χ1) is 12.1. The second kappa shape index (κ2) is 8.52. The standard InChI is InChI=1S/C19H26N4OS/c1-13(20-14(2)24)15-8-10-16(11-9-15)18-12-25-19(23-22-18)21-17-6-4-3-5-7-17/h8-11,13,17H,3-7,12H2,1-2H3,(H,20,24)(H,21,23)/t13-/m1/s1. The van der Waals surface area contributed by atoms with Crippen molar-refractivity contribution in [3.05, 3.63) is 35.4 Å². The van der Waals surface area contributed by atoms with Crippen LogP contribution >= 0.6 is 11.8 Å². The third-order valence-corrected chi connectivity index (χ3v) is 5.56. The molecule has 1 saturated carbocycles. The van der Waals surface area contributed by atoms with Crippen LogP contribution in [0.5, 0.6) is 0 Å². The van der Waals surface area contributed by atoms with Gasteiger partial charge in [0.1, 0.15) is 0 Å². The van der Waals surface area contributed by atoms with Gasteiger partial charge in [-0.2, -0.15) is 5.10 Å². The lowest BCUT2D eigenvalue weighted by atomic mass is 9.96. The molecule has 1 atom stereocenters. The van der Waals surface area contributed by atoms with E-state index in [0.717, 1.165) is 27.8 Å². The van der Waals surface area contributed by atoms with E-state index in [1.54, 1.807) is 11.8 Å². The summed E-state index contributed by atoms with van der Waals surface area (Å²) in [7, 11) is 0. The number of amidine groups is 1. The van der Waals surface area contributed by atoms with Crippen LogP contribution in [0.2, 0.25) is 0 Å². The molecule has 1 aromatic rings. The van der Waals surface area contributed by atoms with E-state index in [4.69, 9.17) is 4.99 Å². The van der Waals surface area contributed by atoms with Gasteiger partial charge < -0.3 is 5.32 Å². The van der Waals surface area contributed by atoms with Crippen LogP contribution in [0.25, 0.3) is 0 Å². The van der Waals surface area contributed by atoms with E-state index in [0.29, 0.717) is 6.04 Å². The molecule has 0 spiro atoms. The third kappa shape index (κ3) is 5.08. The quantitative estimate of drug-likeness (QED) is 0.864. The first-order valence-corrected chi connectivity index (χ1v) is 10.0. The summed E-state index contributed by atoms with van der Waals surface area (Å²) in [4.78, 5) is 16.0. The first-order valence-electron chi connectivity index (χ1n) is 9.02. The summed E-state index contributed by atoms with van der Waals surface area (Å²) in [6, 6.07) is 8.72. The lowest BCUT2D eigenvalue weighted by Gasteiger charge is -2.21. The van der Waals surface area contributed by atoms with Crippen LogP contribution in [0.1, 0.15) is 63.1 Å². The lowest BCUT2D eigenvalue weighted by molar-refractivity contribution is -0.119. The van der Waals surface area contributed by atoms with Crippen molar-refractivity contribution < 1.29 is 4.79 Å². The normalized spacial score (nSPS) is 21.4. The molecule has 0 unspecified atom stereocenters. The van der Waals surface area contributed by atoms with Crippen molar-refractivity contribution >= 4 is 28.5 Å². The first kappa shape index (κ1) is 18.0. The van der Waals surface area contributed by atoms with Gasteiger partial charge in [-0.05, 0) is 30.9 Å². The van der Waals surface area contributed by atoms with E-state index < -0.39 is 0 Å². The predicted octanol–water partition coefficient (Wildman–Crippen LogP) is 3.61. The Hall–Kier alpha value is -1.82. The molecule has 1 aliphatic heterocycles. The molecule has 1 aromatic carbocycles. The molecule has 0 bridgehead atoms. The number of benzene rings is 1. The summed E-state index contributed by atoms with van der Waals surface area (Å²) >= 11 is 1.73. The molecule has 5 nitrogen and oxygen atoms in total. The minimum Gasteiger partial charge on any atom is -0.350 e. The summed E-state index contributed by atoms with van der Waals surface area (Å²) in [5, 5.41) is 8.37. The number of rotatable bonds is 4. The van der Waals surface area contributed by atoms with Crippen LogP contribution in [0.3, 0.4) is 0 Å². The van der Waals surface area contributed by atoms with E-state index in [1.807, 2.05) is 6.92 Å². The molecule has 2 N–H and O–H groups in total. The molecular weight excluding hydrogens is 332 g/mol. The average molecular weight is 359 g/mol. The topological polar surface area (TPSA) is 65.8 Å². The van der Waals surface area contributed by atoms with Crippen molar-refractivity contribution in [2.45, 2.75) is 58.0 Å². The molecule has 25 heavy (non-hydrogen) atoms. The molecular formula is C19H26N4OS. The molecule has 1 fully saturated rings. The van der Waals surface area contributed by atoms with Gasteiger partial charge >= 0.3 is 0 Å². The highest BCUT2D eigenvalue weighted by molar-refractivity contribution is 8.14. The van der Waals surface area contributed by atoms with Gasteiger partial charge in [-0.1, -0.05) is 55.3 Å². The minimum absolute atomic E-state index is 0.0152. The smallest absolute Gasteiger partial charge is 0.217 e. The molecule has 0 saturated heterocycles. The van der Waals surface area contributed by atoms with Crippen molar-refractivity contribution in [1.29, 1.82) is 0 Å². The van der Waals surface area contributed by atoms with Gasteiger partial charge in [0.25, 0.3) is 0 Å². The minimum atomic E-state index is -0.0152. The molecule has 1 aliphatic carbocycles. The van der Waals surface area contributed by atoms with Gasteiger partial charge in [-0.15, -0.1) is 0 Å². The van der Waals surface area contributed by atoms with E-state index in [-0.39, 0.29) is 11.9 Å². The SMILES string of the molecule is CC(=O)N[C@H](C)c1ccc(C2=NNC(=NC3CCCCC3)SC2)cc1.